The molecule has 0 unspecified atom stereocenters. The summed E-state index contributed by atoms with van der Waals surface area (Å²) < 4.78 is 4.98. The highest BCUT2D eigenvalue weighted by Crippen LogP contribution is 2.32. The molecule has 1 amide bonds. The van der Waals surface area contributed by atoms with Crippen LogP contribution in [0.3, 0.4) is 0 Å². The molecular weight excluding hydrogens is 404 g/mol. The third-order valence-electron chi connectivity index (χ3n) is 4.81. The minimum atomic E-state index is -0.392. The Labute approximate surface area is 190 Å². The maximum Gasteiger partial charge on any atom is 0.407 e. The van der Waals surface area contributed by atoms with E-state index in [1.54, 1.807) is 25.1 Å². The van der Waals surface area contributed by atoms with Crippen LogP contribution in [-0.2, 0) is 4.74 Å². The summed E-state index contributed by atoms with van der Waals surface area (Å²) in [6.07, 6.45) is 0.417. The second kappa shape index (κ2) is 12.5. The summed E-state index contributed by atoms with van der Waals surface area (Å²) in [6.45, 7) is 11.5. The van der Waals surface area contributed by atoms with Crippen LogP contribution in [0.5, 0.6) is 5.75 Å². The fourth-order valence-electron chi connectivity index (χ4n) is 3.49. The minimum Gasteiger partial charge on any atom is -0.507 e. The van der Waals surface area contributed by atoms with Gasteiger partial charge in [0.15, 0.2) is 5.82 Å². The summed E-state index contributed by atoms with van der Waals surface area (Å²) in [5.74, 6) is 1.43. The standard InChI is InChI=1S/C21H22N4O3.2C2H6/c1-2-28-21(27)22-14-11-12-25(13-14)20-15-7-3-5-9-17(15)23-19(24-20)16-8-4-6-10-18(16)26;2*1-2/h3-10,14,26H,2,11-13H2,1H3,(H,22,27);2*1-2H3/t14-;;/m0../s1. The Bertz CT molecular complexity index is 1010. The molecule has 1 fully saturated rings. The van der Waals surface area contributed by atoms with Gasteiger partial charge in [-0.05, 0) is 37.6 Å². The Hall–Kier alpha value is -3.35. The first-order valence-electron chi connectivity index (χ1n) is 11.4. The van der Waals surface area contributed by atoms with E-state index in [1.165, 1.54) is 0 Å². The Morgan fingerprint density at radius 3 is 2.50 bits per heavy atom. The zero-order valence-corrected chi connectivity index (χ0v) is 19.6. The number of ether oxygens (including phenoxy) is 1. The summed E-state index contributed by atoms with van der Waals surface area (Å²) >= 11 is 0. The van der Waals surface area contributed by atoms with Crippen molar-refractivity contribution in [2.24, 2.45) is 0 Å². The van der Waals surface area contributed by atoms with Crippen LogP contribution < -0.4 is 10.2 Å². The van der Waals surface area contributed by atoms with Gasteiger partial charge in [0.1, 0.15) is 11.6 Å². The van der Waals surface area contributed by atoms with Gasteiger partial charge in [-0.2, -0.15) is 0 Å². The number of rotatable bonds is 4. The Balaban J connectivity index is 0.000000860. The average Bonchev–Trinajstić information content (AvgIpc) is 3.29. The predicted octanol–water partition coefficient (Wildman–Crippen LogP) is 5.38. The molecule has 32 heavy (non-hydrogen) atoms. The van der Waals surface area contributed by atoms with Crippen molar-refractivity contribution in [3.05, 3.63) is 48.5 Å². The van der Waals surface area contributed by atoms with Gasteiger partial charge in [-0.1, -0.05) is 52.0 Å². The van der Waals surface area contributed by atoms with E-state index in [0.717, 1.165) is 29.7 Å². The van der Waals surface area contributed by atoms with Crippen LogP contribution in [0.1, 0.15) is 41.0 Å². The fourth-order valence-corrected chi connectivity index (χ4v) is 3.49. The van der Waals surface area contributed by atoms with Gasteiger partial charge in [0.2, 0.25) is 0 Å². The number of benzene rings is 2. The first-order chi connectivity index (χ1) is 15.7. The smallest absolute Gasteiger partial charge is 0.407 e. The average molecular weight is 439 g/mol. The number of phenolic OH excluding ortho intramolecular Hbond substituents is 1. The molecule has 4 rings (SSSR count). The molecule has 0 aliphatic carbocycles. The number of carbonyl (C=O) groups is 1. The van der Waals surface area contributed by atoms with Crippen LogP contribution >= 0.6 is 0 Å². The monoisotopic (exact) mass is 438 g/mol. The maximum atomic E-state index is 11.7. The maximum absolute atomic E-state index is 11.7. The number of hydrogen-bond donors (Lipinski definition) is 2. The normalized spacial score (nSPS) is 14.7. The number of nitrogens with zero attached hydrogens (tertiary/aromatic N) is 3. The van der Waals surface area contributed by atoms with Crippen LogP contribution in [0.2, 0.25) is 0 Å². The molecule has 2 heterocycles. The summed E-state index contributed by atoms with van der Waals surface area (Å²) in [5, 5.41) is 14.1. The summed E-state index contributed by atoms with van der Waals surface area (Å²) in [7, 11) is 0. The van der Waals surface area contributed by atoms with E-state index in [0.29, 0.717) is 24.5 Å². The molecule has 7 heteroatoms. The molecule has 1 aliphatic heterocycles. The minimum absolute atomic E-state index is 0.00126. The number of nitrogens with one attached hydrogen (secondary N) is 1. The van der Waals surface area contributed by atoms with Gasteiger partial charge in [0.05, 0.1) is 23.7 Å². The highest BCUT2D eigenvalue weighted by Gasteiger charge is 2.27. The van der Waals surface area contributed by atoms with Crippen molar-refractivity contribution in [2.75, 3.05) is 24.6 Å². The van der Waals surface area contributed by atoms with E-state index in [-0.39, 0.29) is 11.8 Å². The number of phenols is 1. The van der Waals surface area contributed by atoms with E-state index in [1.807, 2.05) is 58.0 Å². The van der Waals surface area contributed by atoms with Crippen LogP contribution in [-0.4, -0.2) is 46.9 Å². The molecule has 3 aromatic rings. The van der Waals surface area contributed by atoms with Gasteiger partial charge in [-0.3, -0.25) is 0 Å². The second-order valence-corrected chi connectivity index (χ2v) is 6.70. The topological polar surface area (TPSA) is 87.6 Å². The fraction of sp³-hybridized carbons (Fsp3) is 0.400. The van der Waals surface area contributed by atoms with Crippen molar-refractivity contribution in [1.29, 1.82) is 0 Å². The quantitative estimate of drug-likeness (QED) is 0.569. The zero-order chi connectivity index (χ0) is 23.5. The van der Waals surface area contributed by atoms with Gasteiger partial charge in [-0.25, -0.2) is 14.8 Å². The first kappa shape index (κ1) is 24.9. The molecule has 1 aromatic heterocycles. The number of anilines is 1. The summed E-state index contributed by atoms with van der Waals surface area (Å²) in [4.78, 5) is 23.3. The highest BCUT2D eigenvalue weighted by atomic mass is 16.5. The Morgan fingerprint density at radius 2 is 1.78 bits per heavy atom. The predicted molar refractivity (Wildman–Crippen MR) is 130 cm³/mol. The van der Waals surface area contributed by atoms with Crippen LogP contribution in [0.25, 0.3) is 22.3 Å². The van der Waals surface area contributed by atoms with Gasteiger partial charge in [0.25, 0.3) is 0 Å². The number of aromatic hydroxyl groups is 1. The molecule has 1 atom stereocenters. The molecule has 7 nitrogen and oxygen atoms in total. The Kier molecular flexibility index (Phi) is 9.73. The van der Waals surface area contributed by atoms with E-state index in [2.05, 4.69) is 15.2 Å². The van der Waals surface area contributed by atoms with Crippen molar-refractivity contribution in [3.8, 4) is 17.1 Å². The van der Waals surface area contributed by atoms with Gasteiger partial charge in [0, 0.05) is 18.5 Å². The number of carbonyl (C=O) groups excluding carboxylic acids is 1. The molecule has 2 aromatic carbocycles. The molecule has 172 valence electrons. The molecule has 0 bridgehead atoms. The van der Waals surface area contributed by atoms with E-state index >= 15 is 0 Å². The van der Waals surface area contributed by atoms with Gasteiger partial charge >= 0.3 is 6.09 Å². The first-order valence-corrected chi connectivity index (χ1v) is 11.4. The van der Waals surface area contributed by atoms with Gasteiger partial charge in [-0.15, -0.1) is 0 Å². The van der Waals surface area contributed by atoms with E-state index < -0.39 is 6.09 Å². The number of amides is 1. The van der Waals surface area contributed by atoms with Crippen molar-refractivity contribution in [2.45, 2.75) is 47.1 Å². The van der Waals surface area contributed by atoms with E-state index in [4.69, 9.17) is 9.72 Å². The molecule has 0 radical (unpaired) electrons. The lowest BCUT2D eigenvalue weighted by Crippen LogP contribution is -2.37. The lowest BCUT2D eigenvalue weighted by molar-refractivity contribution is 0.149. The third kappa shape index (κ3) is 5.87. The molecule has 0 saturated carbocycles. The molecular formula is C25H34N4O3. The van der Waals surface area contributed by atoms with Crippen molar-refractivity contribution >= 4 is 22.8 Å². The van der Waals surface area contributed by atoms with Gasteiger partial charge < -0.3 is 20.1 Å². The van der Waals surface area contributed by atoms with Crippen molar-refractivity contribution in [1.82, 2.24) is 15.3 Å². The molecule has 2 N–H and O–H groups in total. The number of para-hydroxylation sites is 2. The lowest BCUT2D eigenvalue weighted by Gasteiger charge is -2.20. The van der Waals surface area contributed by atoms with Crippen molar-refractivity contribution in [3.63, 3.8) is 0 Å². The lowest BCUT2D eigenvalue weighted by atomic mass is 10.1. The Morgan fingerprint density at radius 1 is 1.09 bits per heavy atom. The number of alkyl carbamates (subject to hydrolysis) is 1. The van der Waals surface area contributed by atoms with Crippen LogP contribution in [0.15, 0.2) is 48.5 Å². The summed E-state index contributed by atoms with van der Waals surface area (Å²) in [5.41, 5.74) is 1.41. The zero-order valence-electron chi connectivity index (χ0n) is 19.6. The third-order valence-corrected chi connectivity index (χ3v) is 4.81. The highest BCUT2D eigenvalue weighted by molar-refractivity contribution is 5.91. The largest absolute Gasteiger partial charge is 0.507 e. The number of fused-ring (bicyclic) bond motifs is 1. The number of aromatic nitrogens is 2. The van der Waals surface area contributed by atoms with Crippen LogP contribution in [0, 0.1) is 0 Å². The van der Waals surface area contributed by atoms with Crippen molar-refractivity contribution < 1.29 is 14.6 Å². The second-order valence-electron chi connectivity index (χ2n) is 6.70. The molecule has 1 aliphatic rings. The molecule has 1 saturated heterocycles. The van der Waals surface area contributed by atoms with E-state index in [9.17, 15) is 9.90 Å². The molecule has 0 spiro atoms. The SMILES string of the molecule is CC.CC.CCOC(=O)N[C@H]1CCN(c2nc(-c3ccccc3O)nc3ccccc23)C1. The summed E-state index contributed by atoms with van der Waals surface area (Å²) in [6, 6.07) is 14.9. The number of hydrogen-bond acceptors (Lipinski definition) is 6. The van der Waals surface area contributed by atoms with Crippen LogP contribution in [0.4, 0.5) is 10.6 Å².